The SMILES string of the molecule is O=C1NCC2CN(c3c(F)cc(CO)cc3F)CCN12. The van der Waals surface area contributed by atoms with Crippen LogP contribution in [0.15, 0.2) is 12.1 Å². The molecule has 2 aliphatic rings. The molecule has 1 aromatic carbocycles. The maximum absolute atomic E-state index is 14.0. The summed E-state index contributed by atoms with van der Waals surface area (Å²) in [7, 11) is 0. The number of carbonyl (C=O) groups excluding carboxylic acids is 1. The Morgan fingerprint density at radius 2 is 2.00 bits per heavy atom. The van der Waals surface area contributed by atoms with E-state index in [0.29, 0.717) is 26.2 Å². The second-order valence-electron chi connectivity index (χ2n) is 5.05. The van der Waals surface area contributed by atoms with Crippen LogP contribution in [0.4, 0.5) is 19.3 Å². The third kappa shape index (κ3) is 2.07. The quantitative estimate of drug-likeness (QED) is 0.839. The van der Waals surface area contributed by atoms with Gasteiger partial charge in [-0.3, -0.25) is 0 Å². The summed E-state index contributed by atoms with van der Waals surface area (Å²) in [5.41, 5.74) is 0.126. The van der Waals surface area contributed by atoms with Crippen molar-refractivity contribution in [2.24, 2.45) is 0 Å². The van der Waals surface area contributed by atoms with Crippen molar-refractivity contribution in [1.82, 2.24) is 10.2 Å². The molecule has 1 unspecified atom stereocenters. The molecule has 2 fully saturated rings. The van der Waals surface area contributed by atoms with Crippen LogP contribution in [0.5, 0.6) is 0 Å². The summed E-state index contributed by atoms with van der Waals surface area (Å²) < 4.78 is 28.0. The Balaban J connectivity index is 1.86. The van der Waals surface area contributed by atoms with E-state index in [4.69, 9.17) is 5.11 Å². The van der Waals surface area contributed by atoms with Crippen molar-refractivity contribution in [3.63, 3.8) is 0 Å². The molecule has 3 rings (SSSR count). The van der Waals surface area contributed by atoms with Crippen molar-refractivity contribution < 1.29 is 18.7 Å². The van der Waals surface area contributed by atoms with Crippen LogP contribution in [0.3, 0.4) is 0 Å². The van der Waals surface area contributed by atoms with E-state index in [0.717, 1.165) is 12.1 Å². The normalized spacial score (nSPS) is 21.9. The van der Waals surface area contributed by atoms with Gasteiger partial charge < -0.3 is 20.2 Å². The summed E-state index contributed by atoms with van der Waals surface area (Å²) in [5.74, 6) is -1.36. The van der Waals surface area contributed by atoms with Gasteiger partial charge in [-0.15, -0.1) is 0 Å². The van der Waals surface area contributed by atoms with Crippen molar-refractivity contribution in [2.75, 3.05) is 31.1 Å². The zero-order valence-corrected chi connectivity index (χ0v) is 10.8. The van der Waals surface area contributed by atoms with E-state index in [1.54, 1.807) is 9.80 Å². The Hall–Kier alpha value is -1.89. The molecule has 5 nitrogen and oxygen atoms in total. The molecule has 0 spiro atoms. The highest BCUT2D eigenvalue weighted by molar-refractivity contribution is 5.77. The van der Waals surface area contributed by atoms with E-state index in [9.17, 15) is 13.6 Å². The Kier molecular flexibility index (Phi) is 3.21. The first-order chi connectivity index (χ1) is 9.60. The molecule has 0 bridgehead atoms. The molecular formula is C13H15F2N3O2. The molecule has 7 heteroatoms. The van der Waals surface area contributed by atoms with Crippen molar-refractivity contribution in [3.05, 3.63) is 29.3 Å². The van der Waals surface area contributed by atoms with E-state index in [1.165, 1.54) is 0 Å². The Morgan fingerprint density at radius 3 is 2.65 bits per heavy atom. The standard InChI is InChI=1S/C13H15F2N3O2/c14-10-3-8(7-19)4-11(15)12(10)17-1-2-18-9(6-17)5-16-13(18)20/h3-4,9,19H,1-2,5-7H2,(H,16,20). The number of urea groups is 1. The molecule has 0 aliphatic carbocycles. The number of halogens is 2. The molecule has 1 atom stereocenters. The van der Waals surface area contributed by atoms with E-state index in [1.807, 2.05) is 0 Å². The van der Waals surface area contributed by atoms with Gasteiger partial charge >= 0.3 is 6.03 Å². The van der Waals surface area contributed by atoms with Crippen molar-refractivity contribution in [3.8, 4) is 0 Å². The number of carbonyl (C=O) groups is 1. The number of hydrogen-bond acceptors (Lipinski definition) is 3. The number of benzene rings is 1. The Labute approximate surface area is 114 Å². The summed E-state index contributed by atoms with van der Waals surface area (Å²) in [4.78, 5) is 14.8. The third-order valence-corrected chi connectivity index (χ3v) is 3.81. The average Bonchev–Trinajstić information content (AvgIpc) is 2.79. The highest BCUT2D eigenvalue weighted by Crippen LogP contribution is 2.28. The number of rotatable bonds is 2. The first kappa shape index (κ1) is 13.1. The number of nitrogens with zero attached hydrogens (tertiary/aromatic N) is 2. The number of nitrogens with one attached hydrogen (secondary N) is 1. The molecule has 2 heterocycles. The number of amides is 2. The van der Waals surface area contributed by atoms with Crippen molar-refractivity contribution in [1.29, 1.82) is 0 Å². The minimum atomic E-state index is -0.681. The summed E-state index contributed by atoms with van der Waals surface area (Å²) in [5, 5.41) is 11.7. The van der Waals surface area contributed by atoms with Crippen LogP contribution in [-0.2, 0) is 6.61 Å². The zero-order valence-electron chi connectivity index (χ0n) is 10.8. The number of anilines is 1. The molecule has 0 aromatic heterocycles. The van der Waals surface area contributed by atoms with Crippen molar-refractivity contribution >= 4 is 11.7 Å². The van der Waals surface area contributed by atoms with Gasteiger partial charge in [0.2, 0.25) is 0 Å². The van der Waals surface area contributed by atoms with Gasteiger partial charge in [0.25, 0.3) is 0 Å². The third-order valence-electron chi connectivity index (χ3n) is 3.81. The molecule has 0 radical (unpaired) electrons. The number of aliphatic hydroxyl groups is 1. The summed E-state index contributed by atoms with van der Waals surface area (Å²) in [6.45, 7) is 1.31. The van der Waals surface area contributed by atoms with Gasteiger partial charge in [-0.2, -0.15) is 0 Å². The summed E-state index contributed by atoms with van der Waals surface area (Å²) in [6, 6.07) is 2.10. The predicted molar refractivity (Wildman–Crippen MR) is 68.4 cm³/mol. The van der Waals surface area contributed by atoms with Gasteiger partial charge in [-0.25, -0.2) is 13.6 Å². The molecule has 20 heavy (non-hydrogen) atoms. The van der Waals surface area contributed by atoms with Crippen LogP contribution >= 0.6 is 0 Å². The minimum Gasteiger partial charge on any atom is -0.392 e. The van der Waals surface area contributed by atoms with Crippen LogP contribution in [-0.4, -0.2) is 48.3 Å². The molecule has 2 N–H and O–H groups in total. The molecule has 2 aliphatic heterocycles. The monoisotopic (exact) mass is 283 g/mol. The number of piperazine rings is 1. The number of fused-ring (bicyclic) bond motifs is 1. The van der Waals surface area contributed by atoms with Gasteiger partial charge in [0, 0.05) is 26.2 Å². The molecule has 0 saturated carbocycles. The zero-order chi connectivity index (χ0) is 14.3. The van der Waals surface area contributed by atoms with Gasteiger partial charge in [-0.1, -0.05) is 0 Å². The lowest BCUT2D eigenvalue weighted by Crippen LogP contribution is -2.52. The molecule has 2 amide bonds. The van der Waals surface area contributed by atoms with Crippen LogP contribution in [0.2, 0.25) is 0 Å². The Bertz CT molecular complexity index is 529. The number of aliphatic hydroxyl groups excluding tert-OH is 1. The second-order valence-corrected chi connectivity index (χ2v) is 5.05. The summed E-state index contributed by atoms with van der Waals surface area (Å²) >= 11 is 0. The lowest BCUT2D eigenvalue weighted by molar-refractivity contribution is 0.197. The number of hydrogen-bond donors (Lipinski definition) is 2. The molecule has 1 aromatic rings. The highest BCUT2D eigenvalue weighted by Gasteiger charge is 2.36. The van der Waals surface area contributed by atoms with E-state index in [-0.39, 0.29) is 23.3 Å². The van der Waals surface area contributed by atoms with Gasteiger partial charge in [0.05, 0.1) is 12.6 Å². The van der Waals surface area contributed by atoms with Crippen LogP contribution < -0.4 is 10.2 Å². The maximum atomic E-state index is 14.0. The lowest BCUT2D eigenvalue weighted by Gasteiger charge is -2.38. The second kappa shape index (κ2) is 4.90. The predicted octanol–water partition coefficient (Wildman–Crippen LogP) is 0.671. The van der Waals surface area contributed by atoms with Crippen LogP contribution in [0.25, 0.3) is 0 Å². The van der Waals surface area contributed by atoms with Gasteiger partial charge in [0.1, 0.15) is 17.3 Å². The summed E-state index contributed by atoms with van der Waals surface area (Å²) in [6.07, 6.45) is 0. The van der Waals surface area contributed by atoms with E-state index >= 15 is 0 Å². The van der Waals surface area contributed by atoms with Crippen molar-refractivity contribution in [2.45, 2.75) is 12.6 Å². The first-order valence-electron chi connectivity index (χ1n) is 6.48. The van der Waals surface area contributed by atoms with E-state index in [2.05, 4.69) is 5.32 Å². The fourth-order valence-corrected chi connectivity index (χ4v) is 2.82. The Morgan fingerprint density at radius 1 is 1.30 bits per heavy atom. The fourth-order valence-electron chi connectivity index (χ4n) is 2.82. The molecule has 2 saturated heterocycles. The topological polar surface area (TPSA) is 55.8 Å². The van der Waals surface area contributed by atoms with E-state index < -0.39 is 18.2 Å². The lowest BCUT2D eigenvalue weighted by atomic mass is 10.1. The van der Waals surface area contributed by atoms with Crippen LogP contribution in [0, 0.1) is 11.6 Å². The fraction of sp³-hybridized carbons (Fsp3) is 0.462. The maximum Gasteiger partial charge on any atom is 0.317 e. The molecule has 108 valence electrons. The average molecular weight is 283 g/mol. The first-order valence-corrected chi connectivity index (χ1v) is 6.48. The van der Waals surface area contributed by atoms with Gasteiger partial charge in [-0.05, 0) is 17.7 Å². The smallest absolute Gasteiger partial charge is 0.317 e. The molecular weight excluding hydrogens is 268 g/mol. The van der Waals surface area contributed by atoms with Gasteiger partial charge in [0.15, 0.2) is 0 Å². The highest BCUT2D eigenvalue weighted by atomic mass is 19.1. The van der Waals surface area contributed by atoms with Crippen LogP contribution in [0.1, 0.15) is 5.56 Å². The largest absolute Gasteiger partial charge is 0.392 e. The minimum absolute atomic E-state index is 0.0624.